The van der Waals surface area contributed by atoms with Gasteiger partial charge in [0.15, 0.2) is 17.3 Å². The van der Waals surface area contributed by atoms with Crippen molar-refractivity contribution in [1.82, 2.24) is 0 Å². The normalized spacial score (nSPS) is 10.7. The minimum atomic E-state index is -0.576. The van der Waals surface area contributed by atoms with Crippen molar-refractivity contribution in [3.05, 3.63) is 45.8 Å². The summed E-state index contributed by atoms with van der Waals surface area (Å²) in [5.41, 5.74) is 1.44. The number of Topliss-reactive ketones (excluding diaryl/α,β-unsaturated/α-hetero) is 1. The van der Waals surface area contributed by atoms with E-state index in [0.717, 1.165) is 16.9 Å². The molecule has 0 aliphatic rings. The van der Waals surface area contributed by atoms with Gasteiger partial charge in [0.25, 0.3) is 0 Å². The van der Waals surface area contributed by atoms with Crippen LogP contribution in [0.1, 0.15) is 45.0 Å². The van der Waals surface area contributed by atoms with E-state index in [1.54, 1.807) is 45.2 Å². The van der Waals surface area contributed by atoms with E-state index >= 15 is 0 Å². The maximum atomic E-state index is 12.4. The molecule has 1 aromatic carbocycles. The van der Waals surface area contributed by atoms with Crippen LogP contribution in [0.3, 0.4) is 0 Å². The van der Waals surface area contributed by atoms with Gasteiger partial charge in [0.1, 0.15) is 5.00 Å². The number of ether oxygens (including phenoxy) is 3. The van der Waals surface area contributed by atoms with Gasteiger partial charge in [-0.25, -0.2) is 4.79 Å². The zero-order chi connectivity index (χ0) is 21.6. The van der Waals surface area contributed by atoms with E-state index < -0.39 is 11.9 Å². The third-order valence-corrected chi connectivity index (χ3v) is 5.33. The van der Waals surface area contributed by atoms with Crippen LogP contribution in [0.25, 0.3) is 6.08 Å². The van der Waals surface area contributed by atoms with Gasteiger partial charge >= 0.3 is 5.97 Å². The molecule has 8 heteroatoms. The molecule has 0 aliphatic heterocycles. The monoisotopic (exact) mass is 417 g/mol. The Bertz CT molecular complexity index is 960. The molecule has 0 bridgehead atoms. The van der Waals surface area contributed by atoms with E-state index in [9.17, 15) is 14.4 Å². The lowest BCUT2D eigenvalue weighted by Gasteiger charge is -2.07. The summed E-state index contributed by atoms with van der Waals surface area (Å²) in [5, 5.41) is 2.96. The average Bonchev–Trinajstić information content (AvgIpc) is 3.02. The Morgan fingerprint density at radius 2 is 1.83 bits per heavy atom. The first kappa shape index (κ1) is 22.2. The van der Waals surface area contributed by atoms with E-state index in [4.69, 9.17) is 14.2 Å². The molecule has 0 unspecified atom stereocenters. The minimum absolute atomic E-state index is 0.181. The van der Waals surface area contributed by atoms with E-state index in [2.05, 4.69) is 5.32 Å². The van der Waals surface area contributed by atoms with Crippen molar-refractivity contribution in [2.24, 2.45) is 0 Å². The summed E-state index contributed by atoms with van der Waals surface area (Å²) in [6.45, 7) is 4.96. The maximum Gasteiger partial charge on any atom is 0.341 e. The molecule has 1 N–H and O–H groups in total. The van der Waals surface area contributed by atoms with Crippen molar-refractivity contribution in [3.63, 3.8) is 0 Å². The van der Waals surface area contributed by atoms with E-state index in [1.807, 2.05) is 0 Å². The van der Waals surface area contributed by atoms with E-state index in [1.165, 1.54) is 20.1 Å². The second-order valence-electron chi connectivity index (χ2n) is 5.97. The van der Waals surface area contributed by atoms with Crippen molar-refractivity contribution < 1.29 is 28.6 Å². The fraction of sp³-hybridized carbons (Fsp3) is 0.286. The van der Waals surface area contributed by atoms with Gasteiger partial charge in [0.05, 0.1) is 31.3 Å². The molecule has 1 amide bonds. The molecule has 1 heterocycles. The summed E-state index contributed by atoms with van der Waals surface area (Å²) in [6, 6.07) is 5.24. The smallest absolute Gasteiger partial charge is 0.341 e. The lowest BCUT2D eigenvalue weighted by molar-refractivity contribution is -0.111. The number of carbonyl (C=O) groups excluding carboxylic acids is 3. The largest absolute Gasteiger partial charge is 0.493 e. The Hall–Kier alpha value is -3.13. The van der Waals surface area contributed by atoms with Crippen LogP contribution >= 0.6 is 11.3 Å². The quantitative estimate of drug-likeness (QED) is 0.395. The highest BCUT2D eigenvalue weighted by Gasteiger charge is 2.24. The van der Waals surface area contributed by atoms with Gasteiger partial charge in [0.2, 0.25) is 5.91 Å². The van der Waals surface area contributed by atoms with Crippen LogP contribution in [0, 0.1) is 6.92 Å². The number of carbonyl (C=O) groups is 3. The Morgan fingerprint density at radius 3 is 2.41 bits per heavy atom. The van der Waals surface area contributed by atoms with Gasteiger partial charge in [-0.05, 0) is 50.1 Å². The molecular weight excluding hydrogens is 394 g/mol. The molecule has 29 heavy (non-hydrogen) atoms. The molecule has 0 atom stereocenters. The summed E-state index contributed by atoms with van der Waals surface area (Å²) in [4.78, 5) is 36.9. The number of esters is 1. The number of methoxy groups -OCH3 is 2. The SMILES string of the molecule is CCOC(=O)c1c(NC(=O)/C=C/c2ccc(OC)c(OC)c2)sc(C(C)=O)c1C. The first-order chi connectivity index (χ1) is 13.8. The molecule has 2 rings (SSSR count). The number of ketones is 1. The highest BCUT2D eigenvalue weighted by atomic mass is 32.1. The lowest BCUT2D eigenvalue weighted by Crippen LogP contribution is -2.12. The number of anilines is 1. The van der Waals surface area contributed by atoms with Crippen LogP contribution in [0.4, 0.5) is 5.00 Å². The van der Waals surface area contributed by atoms with Crippen molar-refractivity contribution in [2.45, 2.75) is 20.8 Å². The number of hydrogen-bond donors (Lipinski definition) is 1. The summed E-state index contributed by atoms with van der Waals surface area (Å²) in [7, 11) is 3.07. The molecule has 1 aromatic heterocycles. The predicted octanol–water partition coefficient (Wildman–Crippen LogP) is 4.10. The third-order valence-electron chi connectivity index (χ3n) is 4.02. The number of hydrogen-bond acceptors (Lipinski definition) is 7. The Balaban J connectivity index is 2.26. The molecule has 0 saturated carbocycles. The van der Waals surface area contributed by atoms with Crippen LogP contribution < -0.4 is 14.8 Å². The van der Waals surface area contributed by atoms with E-state index in [-0.39, 0.29) is 23.0 Å². The Morgan fingerprint density at radius 1 is 1.14 bits per heavy atom. The minimum Gasteiger partial charge on any atom is -0.493 e. The molecular formula is C21H23NO6S. The molecule has 0 aliphatic carbocycles. The molecule has 0 spiro atoms. The number of amides is 1. The van der Waals surface area contributed by atoms with Crippen molar-refractivity contribution in [2.75, 3.05) is 26.1 Å². The molecule has 0 saturated heterocycles. The first-order valence-corrected chi connectivity index (χ1v) is 9.66. The van der Waals surface area contributed by atoms with E-state index in [0.29, 0.717) is 21.9 Å². The summed E-state index contributed by atoms with van der Waals surface area (Å²) in [6.07, 6.45) is 2.94. The van der Waals surface area contributed by atoms with Crippen molar-refractivity contribution in [3.8, 4) is 11.5 Å². The van der Waals surface area contributed by atoms with Crippen LogP contribution in [0.2, 0.25) is 0 Å². The third kappa shape index (κ3) is 5.23. The first-order valence-electron chi connectivity index (χ1n) is 8.84. The molecule has 2 aromatic rings. The molecule has 7 nitrogen and oxygen atoms in total. The lowest BCUT2D eigenvalue weighted by atomic mass is 10.1. The fourth-order valence-electron chi connectivity index (χ4n) is 2.67. The van der Waals surface area contributed by atoms with Gasteiger partial charge < -0.3 is 19.5 Å². The standard InChI is InChI=1S/C21H23NO6S/c1-6-28-21(25)18-12(2)19(13(3)23)29-20(18)22-17(24)10-8-14-7-9-15(26-4)16(11-14)27-5/h7-11H,6H2,1-5H3,(H,22,24)/b10-8+. The Labute approximate surface area is 173 Å². The summed E-state index contributed by atoms with van der Waals surface area (Å²) in [5.74, 6) is -0.0762. The Kier molecular flexibility index (Phi) is 7.55. The molecule has 154 valence electrons. The average molecular weight is 417 g/mol. The fourth-order valence-corrected chi connectivity index (χ4v) is 3.76. The topological polar surface area (TPSA) is 90.9 Å². The van der Waals surface area contributed by atoms with Crippen molar-refractivity contribution in [1.29, 1.82) is 0 Å². The van der Waals surface area contributed by atoms with Gasteiger partial charge in [-0.3, -0.25) is 9.59 Å². The van der Waals surface area contributed by atoms with Gasteiger partial charge in [0, 0.05) is 6.08 Å². The summed E-state index contributed by atoms with van der Waals surface area (Å²) < 4.78 is 15.5. The zero-order valence-corrected chi connectivity index (χ0v) is 17.8. The maximum absolute atomic E-state index is 12.4. The number of nitrogens with one attached hydrogen (secondary N) is 1. The van der Waals surface area contributed by atoms with Gasteiger partial charge in [-0.15, -0.1) is 11.3 Å². The zero-order valence-electron chi connectivity index (χ0n) is 17.0. The number of thiophene rings is 1. The number of rotatable bonds is 8. The van der Waals surface area contributed by atoms with Crippen molar-refractivity contribution >= 4 is 40.1 Å². The van der Waals surface area contributed by atoms with Crippen LogP contribution in [0.15, 0.2) is 24.3 Å². The van der Waals surface area contributed by atoms with Crippen LogP contribution in [0.5, 0.6) is 11.5 Å². The van der Waals surface area contributed by atoms with Gasteiger partial charge in [-0.2, -0.15) is 0 Å². The molecule has 0 radical (unpaired) electrons. The predicted molar refractivity (Wildman–Crippen MR) is 112 cm³/mol. The highest BCUT2D eigenvalue weighted by Crippen LogP contribution is 2.34. The highest BCUT2D eigenvalue weighted by molar-refractivity contribution is 7.18. The number of benzene rings is 1. The second-order valence-corrected chi connectivity index (χ2v) is 6.99. The summed E-state index contributed by atoms with van der Waals surface area (Å²) >= 11 is 1.06. The van der Waals surface area contributed by atoms with Gasteiger partial charge in [-0.1, -0.05) is 6.07 Å². The molecule has 0 fully saturated rings. The van der Waals surface area contributed by atoms with Crippen LogP contribution in [-0.2, 0) is 9.53 Å². The second kappa shape index (κ2) is 9.88. The van der Waals surface area contributed by atoms with Crippen LogP contribution in [-0.4, -0.2) is 38.5 Å².